The molecule has 0 aromatic heterocycles. The van der Waals surface area contributed by atoms with Gasteiger partial charge in [-0.25, -0.2) is 9.18 Å². The summed E-state index contributed by atoms with van der Waals surface area (Å²) in [6.07, 6.45) is 1.06. The number of nitrogens with zero attached hydrogens (tertiary/aromatic N) is 3. The molecule has 39 heavy (non-hydrogen) atoms. The van der Waals surface area contributed by atoms with Crippen molar-refractivity contribution in [2.45, 2.75) is 83.2 Å². The summed E-state index contributed by atoms with van der Waals surface area (Å²) in [5, 5.41) is 4.11. The topological polar surface area (TPSA) is 122 Å². The number of amides is 2. The molecule has 0 saturated carbocycles. The summed E-state index contributed by atoms with van der Waals surface area (Å²) in [7, 11) is 0. The Kier molecular flexibility index (Phi) is 9.19. The van der Waals surface area contributed by atoms with Gasteiger partial charge in [0.2, 0.25) is 11.8 Å². The molecule has 3 aliphatic heterocycles. The minimum atomic E-state index is -2.08. The molecule has 3 heterocycles. The number of ether oxygens (including phenoxy) is 3. The summed E-state index contributed by atoms with van der Waals surface area (Å²) in [6, 6.07) is 6.97. The Balaban J connectivity index is 1.39. The molecule has 0 radical (unpaired) electrons. The van der Waals surface area contributed by atoms with Gasteiger partial charge in [-0.15, -0.1) is 0 Å². The summed E-state index contributed by atoms with van der Waals surface area (Å²) in [5.74, 6) is -3.06. The number of benzene rings is 1. The number of nitrogens with one attached hydrogen (secondary N) is 2. The number of alkyl halides is 1. The molecular formula is C27H38FN5O6. The van der Waals surface area contributed by atoms with Gasteiger partial charge in [-0.2, -0.15) is 5.01 Å². The fourth-order valence-electron chi connectivity index (χ4n) is 4.67. The Morgan fingerprint density at radius 2 is 1.97 bits per heavy atom. The molecule has 0 aliphatic carbocycles. The first-order chi connectivity index (χ1) is 18.5. The van der Waals surface area contributed by atoms with Crippen LogP contribution in [-0.4, -0.2) is 79.3 Å². The number of halogens is 1. The van der Waals surface area contributed by atoms with Crippen molar-refractivity contribution >= 4 is 29.7 Å². The number of ketones is 1. The normalized spacial score (nSPS) is 25.8. The molecule has 11 nitrogen and oxygen atoms in total. The summed E-state index contributed by atoms with van der Waals surface area (Å²) in [4.78, 5) is 44.4. The zero-order valence-corrected chi connectivity index (χ0v) is 22.8. The molecule has 0 spiro atoms. The number of Topliss-reactive ketones (excluding diaryl/α,β-unsaturated/α-hetero) is 1. The van der Waals surface area contributed by atoms with Gasteiger partial charge in [-0.1, -0.05) is 0 Å². The molecule has 3 aliphatic rings. The van der Waals surface area contributed by atoms with E-state index < -0.39 is 42.3 Å². The van der Waals surface area contributed by atoms with Crippen molar-refractivity contribution in [1.29, 1.82) is 0 Å². The maximum atomic E-state index is 15.8. The predicted molar refractivity (Wildman–Crippen MR) is 142 cm³/mol. The van der Waals surface area contributed by atoms with Crippen molar-refractivity contribution in [2.75, 3.05) is 31.3 Å². The largest absolute Gasteiger partial charge is 0.443 e. The van der Waals surface area contributed by atoms with Crippen LogP contribution >= 0.6 is 0 Å². The van der Waals surface area contributed by atoms with Crippen molar-refractivity contribution in [3.8, 4) is 0 Å². The lowest BCUT2D eigenvalue weighted by atomic mass is 10.0. The van der Waals surface area contributed by atoms with Crippen LogP contribution in [0.2, 0.25) is 0 Å². The van der Waals surface area contributed by atoms with Gasteiger partial charge >= 0.3 is 6.09 Å². The standard InChI is InChI=1S/C27H38FN5O6/c1-26(2,3)39-25(36)31-33-13-11-27(28,38-24-6-4-5-15-37-24)17-22(33)30-23(35)16-21(34)19-7-9-20(10-8-19)32-14-12-29-18-32/h7-10,12,22,24H,4-6,11,13-18H2,1-3H3,(H,30,35)(H,31,36). The van der Waals surface area contributed by atoms with E-state index in [0.29, 0.717) is 31.8 Å². The third-order valence-corrected chi connectivity index (χ3v) is 6.60. The molecule has 3 atom stereocenters. The van der Waals surface area contributed by atoms with E-state index in [1.165, 1.54) is 5.01 Å². The molecule has 214 valence electrons. The Morgan fingerprint density at radius 1 is 1.21 bits per heavy atom. The number of carbonyl (C=O) groups is 3. The molecule has 4 rings (SSSR count). The van der Waals surface area contributed by atoms with Gasteiger partial charge in [-0.05, 0) is 64.3 Å². The molecule has 2 fully saturated rings. The zero-order valence-electron chi connectivity index (χ0n) is 22.8. The van der Waals surface area contributed by atoms with Crippen LogP contribution < -0.4 is 15.6 Å². The predicted octanol–water partition coefficient (Wildman–Crippen LogP) is 3.29. The van der Waals surface area contributed by atoms with Crippen LogP contribution in [0.3, 0.4) is 0 Å². The summed E-state index contributed by atoms with van der Waals surface area (Å²) in [5.41, 5.74) is 3.17. The number of aliphatic imine (C=N–C) groups is 1. The average Bonchev–Trinajstić information content (AvgIpc) is 3.40. The second-order valence-electron chi connectivity index (χ2n) is 11.0. The Bertz CT molecular complexity index is 1050. The van der Waals surface area contributed by atoms with Crippen molar-refractivity contribution in [1.82, 2.24) is 15.8 Å². The van der Waals surface area contributed by atoms with Crippen LogP contribution in [0.25, 0.3) is 0 Å². The van der Waals surface area contributed by atoms with E-state index in [1.54, 1.807) is 32.9 Å². The maximum absolute atomic E-state index is 15.8. The molecule has 12 heteroatoms. The van der Waals surface area contributed by atoms with Crippen molar-refractivity contribution < 1.29 is 33.0 Å². The monoisotopic (exact) mass is 547 g/mol. The Morgan fingerprint density at radius 3 is 2.62 bits per heavy atom. The number of carbonyl (C=O) groups excluding carboxylic acids is 3. The van der Waals surface area contributed by atoms with Crippen molar-refractivity contribution in [3.05, 3.63) is 29.8 Å². The summed E-state index contributed by atoms with van der Waals surface area (Å²) >= 11 is 0. The fourth-order valence-corrected chi connectivity index (χ4v) is 4.67. The van der Waals surface area contributed by atoms with Gasteiger partial charge < -0.3 is 24.4 Å². The first-order valence-corrected chi connectivity index (χ1v) is 13.4. The van der Waals surface area contributed by atoms with Gasteiger partial charge in [0, 0.05) is 43.5 Å². The molecule has 1 aromatic rings. The third kappa shape index (κ3) is 8.45. The molecule has 2 amide bonds. The second kappa shape index (κ2) is 12.4. The molecular weight excluding hydrogens is 509 g/mol. The smallest absolute Gasteiger partial charge is 0.422 e. The van der Waals surface area contributed by atoms with Gasteiger partial charge in [0.1, 0.15) is 18.4 Å². The van der Waals surface area contributed by atoms with E-state index >= 15 is 4.39 Å². The van der Waals surface area contributed by atoms with Crippen LogP contribution in [0.15, 0.2) is 29.3 Å². The maximum Gasteiger partial charge on any atom is 0.422 e. The molecule has 3 unspecified atom stereocenters. The second-order valence-corrected chi connectivity index (χ2v) is 11.0. The van der Waals surface area contributed by atoms with Crippen LogP contribution in [-0.2, 0) is 19.0 Å². The lowest BCUT2D eigenvalue weighted by molar-refractivity contribution is -0.287. The highest BCUT2D eigenvalue weighted by Gasteiger charge is 2.44. The highest BCUT2D eigenvalue weighted by atomic mass is 19.2. The Hall–Kier alpha value is -3.09. The first kappa shape index (κ1) is 28.9. The number of hydrogen-bond acceptors (Lipinski definition) is 9. The molecule has 1 aromatic carbocycles. The minimum absolute atomic E-state index is 0.0447. The highest BCUT2D eigenvalue weighted by molar-refractivity contribution is 6.07. The quantitative estimate of drug-likeness (QED) is 0.376. The van der Waals surface area contributed by atoms with E-state index in [2.05, 4.69) is 15.7 Å². The van der Waals surface area contributed by atoms with E-state index in [0.717, 1.165) is 18.5 Å². The van der Waals surface area contributed by atoms with Crippen LogP contribution in [0.1, 0.15) is 69.7 Å². The average molecular weight is 548 g/mol. The number of hydrazine groups is 1. The minimum Gasteiger partial charge on any atom is -0.443 e. The van der Waals surface area contributed by atoms with E-state index in [4.69, 9.17) is 14.2 Å². The SMILES string of the molecule is CC(C)(C)OC(=O)NN1CCC(F)(OC2CCCCO2)CC1NC(=O)CC(=O)c1ccc(N2CC=NC2)cc1. The lowest BCUT2D eigenvalue weighted by Crippen LogP contribution is -2.63. The molecule has 0 bridgehead atoms. The fraction of sp³-hybridized carbons (Fsp3) is 0.630. The van der Waals surface area contributed by atoms with Gasteiger partial charge in [0.15, 0.2) is 12.1 Å². The van der Waals surface area contributed by atoms with Crippen LogP contribution in [0.4, 0.5) is 14.9 Å². The van der Waals surface area contributed by atoms with E-state index in [-0.39, 0.29) is 25.2 Å². The van der Waals surface area contributed by atoms with Crippen LogP contribution in [0.5, 0.6) is 0 Å². The zero-order chi connectivity index (χ0) is 28.0. The molecule has 2 N–H and O–H groups in total. The third-order valence-electron chi connectivity index (χ3n) is 6.60. The lowest BCUT2D eigenvalue weighted by Gasteiger charge is -2.43. The van der Waals surface area contributed by atoms with Crippen molar-refractivity contribution in [3.63, 3.8) is 0 Å². The number of anilines is 1. The number of rotatable bonds is 8. The number of hydrogen-bond donors (Lipinski definition) is 2. The van der Waals surface area contributed by atoms with E-state index in [1.807, 2.05) is 23.2 Å². The van der Waals surface area contributed by atoms with Crippen LogP contribution in [0, 0.1) is 0 Å². The summed E-state index contributed by atoms with van der Waals surface area (Å²) in [6.45, 7) is 7.00. The van der Waals surface area contributed by atoms with E-state index in [9.17, 15) is 14.4 Å². The van der Waals surface area contributed by atoms with Gasteiger partial charge in [-0.3, -0.25) is 20.0 Å². The highest BCUT2D eigenvalue weighted by Crippen LogP contribution is 2.33. The first-order valence-electron chi connectivity index (χ1n) is 13.4. The van der Waals surface area contributed by atoms with Gasteiger partial charge in [0.25, 0.3) is 0 Å². The molecule has 2 saturated heterocycles. The Labute approximate surface area is 228 Å². The number of piperidine rings is 1. The van der Waals surface area contributed by atoms with Gasteiger partial charge in [0.05, 0.1) is 13.0 Å². The van der Waals surface area contributed by atoms with Crippen molar-refractivity contribution in [2.24, 2.45) is 4.99 Å². The summed E-state index contributed by atoms with van der Waals surface area (Å²) < 4.78 is 32.4.